The molecule has 0 fully saturated rings. The number of hydrogen-bond acceptors (Lipinski definition) is 2. The summed E-state index contributed by atoms with van der Waals surface area (Å²) in [6, 6.07) is 0. The van der Waals surface area contributed by atoms with Gasteiger partial charge in [-0.3, -0.25) is 0 Å². The Morgan fingerprint density at radius 1 is 1.06 bits per heavy atom. The van der Waals surface area contributed by atoms with Crippen molar-refractivity contribution in [2.75, 3.05) is 6.61 Å². The highest BCUT2D eigenvalue weighted by Crippen LogP contribution is 2.11. The summed E-state index contributed by atoms with van der Waals surface area (Å²) in [5.41, 5.74) is 0.862. The van der Waals surface area contributed by atoms with Gasteiger partial charge in [-0.2, -0.15) is 0 Å². The Morgan fingerprint density at radius 3 is 2.38 bits per heavy atom. The van der Waals surface area contributed by atoms with Crippen molar-refractivity contribution in [3.63, 3.8) is 0 Å². The Labute approximate surface area is 100 Å². The van der Waals surface area contributed by atoms with Gasteiger partial charge < -0.3 is 4.74 Å². The highest BCUT2D eigenvalue weighted by Gasteiger charge is 2.08. The maximum absolute atomic E-state index is 11.6. The molecule has 0 saturated heterocycles. The highest BCUT2D eigenvalue weighted by molar-refractivity contribution is 5.88. The van der Waals surface area contributed by atoms with Gasteiger partial charge in [-0.1, -0.05) is 45.6 Å². The van der Waals surface area contributed by atoms with Gasteiger partial charge in [-0.25, -0.2) is 4.79 Å². The summed E-state index contributed by atoms with van der Waals surface area (Å²) in [6.07, 6.45) is 9.90. The van der Waals surface area contributed by atoms with Crippen LogP contribution >= 0.6 is 0 Å². The van der Waals surface area contributed by atoms with E-state index in [4.69, 9.17) is 4.74 Å². The predicted molar refractivity (Wildman–Crippen MR) is 68.4 cm³/mol. The van der Waals surface area contributed by atoms with E-state index in [1.54, 1.807) is 0 Å². The smallest absolute Gasteiger partial charge is 0.333 e. The summed E-state index contributed by atoms with van der Waals surface area (Å²) >= 11 is 0. The minimum absolute atomic E-state index is 0.125. The van der Waals surface area contributed by atoms with Crippen molar-refractivity contribution in [3.05, 3.63) is 11.6 Å². The van der Waals surface area contributed by atoms with Crippen LogP contribution in [-0.4, -0.2) is 12.6 Å². The fourth-order valence-corrected chi connectivity index (χ4v) is 1.63. The van der Waals surface area contributed by atoms with Crippen molar-refractivity contribution in [2.24, 2.45) is 0 Å². The molecule has 0 atom stereocenters. The van der Waals surface area contributed by atoms with Gasteiger partial charge in [-0.05, 0) is 26.2 Å². The summed E-state index contributed by atoms with van der Waals surface area (Å²) in [5, 5.41) is 0. The van der Waals surface area contributed by atoms with Crippen LogP contribution in [0.1, 0.15) is 65.7 Å². The lowest BCUT2D eigenvalue weighted by Gasteiger charge is -2.05. The number of hydrogen-bond donors (Lipinski definition) is 0. The van der Waals surface area contributed by atoms with Gasteiger partial charge in [-0.15, -0.1) is 0 Å². The number of carbonyl (C=O) groups is 1. The lowest BCUT2D eigenvalue weighted by atomic mass is 10.1. The maximum atomic E-state index is 11.6. The molecule has 0 saturated carbocycles. The molecule has 0 rings (SSSR count). The molecule has 0 unspecified atom stereocenters. The number of esters is 1. The number of unbranched alkanes of at least 4 members (excludes halogenated alkanes) is 4. The largest absolute Gasteiger partial charge is 0.463 e. The summed E-state index contributed by atoms with van der Waals surface area (Å²) in [5.74, 6) is -0.125. The van der Waals surface area contributed by atoms with Crippen molar-refractivity contribution in [1.29, 1.82) is 0 Å². The summed E-state index contributed by atoms with van der Waals surface area (Å²) in [6.45, 7) is 6.61. The van der Waals surface area contributed by atoms with Gasteiger partial charge in [0.1, 0.15) is 0 Å². The minimum atomic E-state index is -0.125. The molecule has 94 valence electrons. The molecule has 2 heteroatoms. The van der Waals surface area contributed by atoms with Crippen molar-refractivity contribution >= 4 is 5.97 Å². The van der Waals surface area contributed by atoms with Crippen LogP contribution in [-0.2, 0) is 9.53 Å². The topological polar surface area (TPSA) is 26.3 Å². The Balaban J connectivity index is 3.98. The number of carbonyl (C=O) groups excluding carboxylic acids is 1. The van der Waals surface area contributed by atoms with E-state index in [1.165, 1.54) is 25.7 Å². The van der Waals surface area contributed by atoms with Gasteiger partial charge in [0, 0.05) is 5.57 Å². The Hall–Kier alpha value is -0.790. The molecule has 2 nitrogen and oxygen atoms in total. The van der Waals surface area contributed by atoms with Crippen LogP contribution in [0.3, 0.4) is 0 Å². The minimum Gasteiger partial charge on any atom is -0.463 e. The maximum Gasteiger partial charge on any atom is 0.333 e. The van der Waals surface area contributed by atoms with E-state index in [-0.39, 0.29) is 5.97 Å². The number of rotatable bonds is 9. The highest BCUT2D eigenvalue weighted by atomic mass is 16.5. The first kappa shape index (κ1) is 15.2. The monoisotopic (exact) mass is 226 g/mol. The van der Waals surface area contributed by atoms with Crippen LogP contribution < -0.4 is 0 Å². The molecule has 0 spiro atoms. The summed E-state index contributed by atoms with van der Waals surface area (Å²) < 4.78 is 5.03. The number of allylic oxidation sites excluding steroid dienone is 1. The van der Waals surface area contributed by atoms with Crippen molar-refractivity contribution in [1.82, 2.24) is 0 Å². The Morgan fingerprint density at radius 2 is 1.81 bits per heavy atom. The molecule has 0 radical (unpaired) electrons. The lowest BCUT2D eigenvalue weighted by Crippen LogP contribution is -2.07. The first-order valence-corrected chi connectivity index (χ1v) is 6.62. The Kier molecular flexibility index (Phi) is 10.2. The second-order valence-electron chi connectivity index (χ2n) is 4.05. The van der Waals surface area contributed by atoms with Crippen LogP contribution in [0.5, 0.6) is 0 Å². The van der Waals surface area contributed by atoms with Crippen molar-refractivity contribution in [2.45, 2.75) is 65.7 Å². The quantitative estimate of drug-likeness (QED) is 0.334. The fraction of sp³-hybridized carbons (Fsp3) is 0.786. The second-order valence-corrected chi connectivity index (χ2v) is 4.05. The van der Waals surface area contributed by atoms with E-state index in [0.29, 0.717) is 6.61 Å². The second kappa shape index (κ2) is 10.7. The summed E-state index contributed by atoms with van der Waals surface area (Å²) in [4.78, 5) is 11.6. The van der Waals surface area contributed by atoms with Gasteiger partial charge in [0.15, 0.2) is 0 Å². The third kappa shape index (κ3) is 7.49. The van der Waals surface area contributed by atoms with Crippen LogP contribution in [0, 0.1) is 0 Å². The molecular formula is C14H26O2. The molecule has 0 amide bonds. The van der Waals surface area contributed by atoms with Gasteiger partial charge >= 0.3 is 5.97 Å². The molecule has 0 aromatic heterocycles. The normalized spacial score (nSPS) is 11.6. The molecule has 0 aromatic rings. The van der Waals surface area contributed by atoms with Gasteiger partial charge in [0.25, 0.3) is 0 Å². The first-order chi connectivity index (χ1) is 7.76. The van der Waals surface area contributed by atoms with E-state index in [9.17, 15) is 4.79 Å². The molecular weight excluding hydrogens is 200 g/mol. The average Bonchev–Trinajstić information content (AvgIpc) is 2.27. The average molecular weight is 226 g/mol. The van der Waals surface area contributed by atoms with Gasteiger partial charge in [0.2, 0.25) is 0 Å². The fourth-order valence-electron chi connectivity index (χ4n) is 1.63. The zero-order valence-corrected chi connectivity index (χ0v) is 11.1. The van der Waals surface area contributed by atoms with Crippen LogP contribution in [0.15, 0.2) is 11.6 Å². The zero-order valence-electron chi connectivity index (χ0n) is 11.1. The van der Waals surface area contributed by atoms with Gasteiger partial charge in [0.05, 0.1) is 6.61 Å². The van der Waals surface area contributed by atoms with E-state index in [1.807, 2.05) is 6.92 Å². The van der Waals surface area contributed by atoms with Crippen molar-refractivity contribution in [3.8, 4) is 0 Å². The van der Waals surface area contributed by atoms with E-state index in [2.05, 4.69) is 19.9 Å². The van der Waals surface area contributed by atoms with Crippen LogP contribution in [0.25, 0.3) is 0 Å². The molecule has 16 heavy (non-hydrogen) atoms. The number of ether oxygens (including phenoxy) is 1. The first-order valence-electron chi connectivity index (χ1n) is 6.62. The summed E-state index contributed by atoms with van der Waals surface area (Å²) in [7, 11) is 0. The third-order valence-electron chi connectivity index (χ3n) is 2.51. The molecule has 0 aliphatic heterocycles. The molecule has 0 aliphatic carbocycles. The molecule has 0 aromatic carbocycles. The Bertz CT molecular complexity index is 207. The zero-order chi connectivity index (χ0) is 12.2. The van der Waals surface area contributed by atoms with E-state index in [0.717, 1.165) is 24.8 Å². The van der Waals surface area contributed by atoms with Crippen molar-refractivity contribution < 1.29 is 9.53 Å². The molecule has 0 N–H and O–H groups in total. The SMILES string of the molecule is CCCCCCC=C(CCC)C(=O)OCC. The molecule has 0 bridgehead atoms. The predicted octanol–water partition coefficient (Wildman–Crippen LogP) is 4.25. The molecule has 0 heterocycles. The van der Waals surface area contributed by atoms with Crippen LogP contribution in [0.4, 0.5) is 0 Å². The lowest BCUT2D eigenvalue weighted by molar-refractivity contribution is -0.138. The standard InChI is InChI=1S/C14H26O2/c1-4-7-8-9-10-12-13(11-5-2)14(15)16-6-3/h12H,4-11H2,1-3H3. The third-order valence-corrected chi connectivity index (χ3v) is 2.51. The van der Waals surface area contributed by atoms with Crippen LogP contribution in [0.2, 0.25) is 0 Å². The van der Waals surface area contributed by atoms with E-state index < -0.39 is 0 Å². The molecule has 0 aliphatic rings. The van der Waals surface area contributed by atoms with E-state index >= 15 is 0 Å².